The molecular weight excluding hydrogens is 236 g/mol. The molecule has 0 saturated heterocycles. The molecule has 0 aromatic heterocycles. The van der Waals surface area contributed by atoms with Crippen molar-refractivity contribution in [2.75, 3.05) is 0 Å². The molecule has 2 saturated carbocycles. The fourth-order valence-corrected chi connectivity index (χ4v) is 5.20. The van der Waals surface area contributed by atoms with E-state index >= 15 is 0 Å². The Morgan fingerprint density at radius 3 is 2.35 bits per heavy atom. The Kier molecular flexibility index (Phi) is 2.06. The minimum atomic E-state index is -3.48. The highest BCUT2D eigenvalue weighted by molar-refractivity contribution is 7.94. The van der Waals surface area contributed by atoms with Crippen molar-refractivity contribution in [3.63, 3.8) is 0 Å². The third-order valence-electron chi connectivity index (χ3n) is 4.05. The predicted molar refractivity (Wildman–Crippen MR) is 63.4 cm³/mol. The summed E-state index contributed by atoms with van der Waals surface area (Å²) in [6.45, 7) is 1.91. The summed E-state index contributed by atoms with van der Waals surface area (Å²) < 4.78 is 23.9. The topological polar surface area (TPSA) is 51.2 Å². The second kappa shape index (κ2) is 3.19. The summed E-state index contributed by atoms with van der Waals surface area (Å²) >= 11 is 0. The third-order valence-corrected chi connectivity index (χ3v) is 6.63. The second-order valence-electron chi connectivity index (χ2n) is 5.07. The maximum atomic E-state index is 12.5. The van der Waals surface area contributed by atoms with Crippen LogP contribution in [0.4, 0.5) is 0 Å². The number of carbonyl (C=O) groups excluding carboxylic acids is 1. The Hall–Kier alpha value is -1.16. The van der Waals surface area contributed by atoms with Crippen LogP contribution < -0.4 is 0 Å². The third kappa shape index (κ3) is 1.27. The van der Waals surface area contributed by atoms with Gasteiger partial charge in [-0.2, -0.15) is 0 Å². The van der Waals surface area contributed by atoms with Gasteiger partial charge in [0.2, 0.25) is 0 Å². The summed E-state index contributed by atoms with van der Waals surface area (Å²) in [5.74, 6) is -0.00984. The molecule has 2 atom stereocenters. The first kappa shape index (κ1) is 11.0. The Labute approximate surface area is 101 Å². The normalized spacial score (nSPS) is 31.4. The molecule has 0 heterocycles. The number of hydrogen-bond acceptors (Lipinski definition) is 3. The van der Waals surface area contributed by atoms with Gasteiger partial charge in [0, 0.05) is 6.42 Å². The number of ketones is 1. The first-order valence-electron chi connectivity index (χ1n) is 5.83. The number of fused-ring (bicyclic) bond motifs is 1. The molecule has 3 nitrogen and oxygen atoms in total. The fraction of sp³-hybridized carbons (Fsp3) is 0.462. The number of Topliss-reactive ketones (excluding diaryl/α,β-unsaturated/α-hetero) is 1. The van der Waals surface area contributed by atoms with Gasteiger partial charge in [-0.15, -0.1) is 0 Å². The monoisotopic (exact) mass is 250 g/mol. The zero-order chi connectivity index (χ0) is 12.3. The number of sulfone groups is 1. The Bertz CT molecular complexity index is 586. The van der Waals surface area contributed by atoms with Gasteiger partial charge in [-0.1, -0.05) is 17.7 Å². The lowest BCUT2D eigenvalue weighted by molar-refractivity contribution is -0.118. The van der Waals surface area contributed by atoms with E-state index in [-0.39, 0.29) is 11.7 Å². The van der Waals surface area contributed by atoms with Crippen molar-refractivity contribution in [1.29, 1.82) is 0 Å². The molecule has 2 fully saturated rings. The van der Waals surface area contributed by atoms with Crippen molar-refractivity contribution in [2.24, 2.45) is 5.92 Å². The summed E-state index contributed by atoms with van der Waals surface area (Å²) in [6, 6.07) is 6.78. The van der Waals surface area contributed by atoms with Crippen LogP contribution in [0.5, 0.6) is 0 Å². The largest absolute Gasteiger partial charge is 0.298 e. The molecule has 3 rings (SSSR count). The highest BCUT2D eigenvalue weighted by Gasteiger charge is 2.71. The first-order valence-corrected chi connectivity index (χ1v) is 7.31. The van der Waals surface area contributed by atoms with E-state index in [9.17, 15) is 13.2 Å². The van der Waals surface area contributed by atoms with E-state index in [1.54, 1.807) is 24.3 Å². The molecule has 0 radical (unpaired) electrons. The minimum Gasteiger partial charge on any atom is -0.298 e. The molecule has 0 amide bonds. The molecule has 0 N–H and O–H groups in total. The molecule has 2 aliphatic carbocycles. The summed E-state index contributed by atoms with van der Waals surface area (Å²) in [5, 5.41) is 0. The number of hydrogen-bond donors (Lipinski definition) is 0. The molecular formula is C13H14O3S. The van der Waals surface area contributed by atoms with Crippen LogP contribution in [0.25, 0.3) is 0 Å². The summed E-state index contributed by atoms with van der Waals surface area (Å²) in [4.78, 5) is 12.1. The van der Waals surface area contributed by atoms with Crippen molar-refractivity contribution in [3.8, 4) is 0 Å². The zero-order valence-corrected chi connectivity index (χ0v) is 10.5. The van der Waals surface area contributed by atoms with E-state index < -0.39 is 14.6 Å². The highest BCUT2D eigenvalue weighted by Crippen LogP contribution is 2.60. The van der Waals surface area contributed by atoms with Gasteiger partial charge >= 0.3 is 0 Å². The molecule has 2 aliphatic rings. The molecule has 0 bridgehead atoms. The number of aryl methyl sites for hydroxylation is 1. The van der Waals surface area contributed by atoms with Crippen LogP contribution in [0.1, 0.15) is 24.8 Å². The lowest BCUT2D eigenvalue weighted by atomic mass is 10.2. The maximum absolute atomic E-state index is 12.5. The summed E-state index contributed by atoms with van der Waals surface area (Å²) in [5.41, 5.74) is 1.02. The molecule has 4 heteroatoms. The van der Waals surface area contributed by atoms with Crippen molar-refractivity contribution in [1.82, 2.24) is 0 Å². The standard InChI is InChI=1S/C13H14O3S/c1-9-2-5-11(6-3-9)17(15,16)13-8-10(13)4-7-12(13)14/h2-3,5-6,10H,4,7-8H2,1H3/t10-,13-/m1/s1. The van der Waals surface area contributed by atoms with Crippen LogP contribution >= 0.6 is 0 Å². The van der Waals surface area contributed by atoms with Crippen molar-refractivity contribution in [2.45, 2.75) is 35.8 Å². The SMILES string of the molecule is Cc1ccc(S(=O)(=O)[C@]23C[C@H]2CCC3=O)cc1. The highest BCUT2D eigenvalue weighted by atomic mass is 32.2. The van der Waals surface area contributed by atoms with E-state index in [1.165, 1.54) is 0 Å². The molecule has 0 unspecified atom stereocenters. The van der Waals surface area contributed by atoms with E-state index in [0.29, 0.717) is 17.7 Å². The van der Waals surface area contributed by atoms with Crippen molar-refractivity contribution >= 4 is 15.6 Å². The van der Waals surface area contributed by atoms with Crippen LogP contribution in [0.15, 0.2) is 29.2 Å². The molecule has 0 aliphatic heterocycles. The fourth-order valence-electron chi connectivity index (χ4n) is 2.91. The van der Waals surface area contributed by atoms with Gasteiger partial charge in [0.15, 0.2) is 15.6 Å². The molecule has 90 valence electrons. The maximum Gasteiger partial charge on any atom is 0.191 e. The number of benzene rings is 1. The lowest BCUT2D eigenvalue weighted by Crippen LogP contribution is -2.31. The second-order valence-corrected chi connectivity index (χ2v) is 7.28. The first-order chi connectivity index (χ1) is 7.98. The van der Waals surface area contributed by atoms with Crippen LogP contribution in [0.3, 0.4) is 0 Å². The van der Waals surface area contributed by atoms with Gasteiger partial charge in [0.25, 0.3) is 0 Å². The number of carbonyl (C=O) groups is 1. The lowest BCUT2D eigenvalue weighted by Gasteiger charge is -2.12. The quantitative estimate of drug-likeness (QED) is 0.805. The Morgan fingerprint density at radius 2 is 1.88 bits per heavy atom. The van der Waals surface area contributed by atoms with E-state index in [1.807, 2.05) is 6.92 Å². The van der Waals surface area contributed by atoms with Gasteiger partial charge in [-0.3, -0.25) is 4.79 Å². The molecule has 17 heavy (non-hydrogen) atoms. The van der Waals surface area contributed by atoms with Crippen molar-refractivity contribution in [3.05, 3.63) is 29.8 Å². The Morgan fingerprint density at radius 1 is 1.24 bits per heavy atom. The molecule has 1 aromatic carbocycles. The van der Waals surface area contributed by atoms with Gasteiger partial charge < -0.3 is 0 Å². The van der Waals surface area contributed by atoms with Gasteiger partial charge in [-0.25, -0.2) is 8.42 Å². The number of rotatable bonds is 2. The molecule has 0 spiro atoms. The average molecular weight is 250 g/mol. The average Bonchev–Trinajstić information content (AvgIpc) is 2.95. The minimum absolute atomic E-state index is 0.0707. The summed E-state index contributed by atoms with van der Waals surface area (Å²) in [6.07, 6.45) is 1.70. The van der Waals surface area contributed by atoms with Crippen LogP contribution in [-0.4, -0.2) is 18.9 Å². The van der Waals surface area contributed by atoms with E-state index in [0.717, 1.165) is 12.0 Å². The Balaban J connectivity index is 2.09. The van der Waals surface area contributed by atoms with E-state index in [2.05, 4.69) is 0 Å². The van der Waals surface area contributed by atoms with E-state index in [4.69, 9.17) is 0 Å². The van der Waals surface area contributed by atoms with Gasteiger partial charge in [0.1, 0.15) is 4.75 Å². The van der Waals surface area contributed by atoms with Crippen LogP contribution in [-0.2, 0) is 14.6 Å². The summed E-state index contributed by atoms with van der Waals surface area (Å²) in [7, 11) is -3.48. The molecule has 1 aromatic rings. The van der Waals surface area contributed by atoms with Gasteiger partial charge in [0.05, 0.1) is 4.90 Å². The smallest absolute Gasteiger partial charge is 0.191 e. The zero-order valence-electron chi connectivity index (χ0n) is 9.64. The van der Waals surface area contributed by atoms with Crippen molar-refractivity contribution < 1.29 is 13.2 Å². The van der Waals surface area contributed by atoms with Gasteiger partial charge in [-0.05, 0) is 37.8 Å². The predicted octanol–water partition coefficient (Wildman–Crippen LogP) is 1.89. The van der Waals surface area contributed by atoms with Crippen LogP contribution in [0, 0.1) is 12.8 Å². The van der Waals surface area contributed by atoms with Crippen LogP contribution in [0.2, 0.25) is 0 Å².